The van der Waals surface area contributed by atoms with E-state index in [1.54, 1.807) is 11.3 Å². The minimum Gasteiger partial charge on any atom is -0.369 e. The van der Waals surface area contributed by atoms with Gasteiger partial charge in [0.05, 0.1) is 5.69 Å². The average molecular weight is 382 g/mol. The standard InChI is InChI=1S/C20H22N4O2S/c21-19(26)15-8-10-23(11-9-15)18(25)7-6-16-13-27-20-22-17(12-24(16)20)14-4-2-1-3-5-14/h1-5,12-13,15H,6-11H2,(H2,21,26). The Morgan fingerprint density at radius 2 is 1.93 bits per heavy atom. The van der Waals surface area contributed by atoms with Gasteiger partial charge >= 0.3 is 0 Å². The van der Waals surface area contributed by atoms with E-state index in [1.165, 1.54) is 0 Å². The molecular formula is C20H22N4O2S. The molecule has 1 aromatic carbocycles. The van der Waals surface area contributed by atoms with Gasteiger partial charge in [0.15, 0.2) is 4.96 Å². The van der Waals surface area contributed by atoms with E-state index in [4.69, 9.17) is 5.73 Å². The fraction of sp³-hybridized carbons (Fsp3) is 0.350. The van der Waals surface area contributed by atoms with Crippen LogP contribution >= 0.6 is 11.3 Å². The van der Waals surface area contributed by atoms with E-state index < -0.39 is 0 Å². The third-order valence-corrected chi connectivity index (χ3v) is 6.09. The Morgan fingerprint density at radius 1 is 1.19 bits per heavy atom. The summed E-state index contributed by atoms with van der Waals surface area (Å²) in [5.41, 5.74) is 8.50. The molecule has 1 aliphatic rings. The van der Waals surface area contributed by atoms with Crippen LogP contribution in [0.1, 0.15) is 25.0 Å². The normalized spacial score (nSPS) is 15.3. The monoisotopic (exact) mass is 382 g/mol. The van der Waals surface area contributed by atoms with Crippen molar-refractivity contribution in [3.63, 3.8) is 0 Å². The van der Waals surface area contributed by atoms with Gasteiger partial charge in [0.1, 0.15) is 0 Å². The lowest BCUT2D eigenvalue weighted by Gasteiger charge is -2.30. The van der Waals surface area contributed by atoms with Gasteiger partial charge in [0.25, 0.3) is 0 Å². The molecular weight excluding hydrogens is 360 g/mol. The molecule has 3 aromatic rings. The van der Waals surface area contributed by atoms with Crippen molar-refractivity contribution in [2.24, 2.45) is 11.7 Å². The highest BCUT2D eigenvalue weighted by Crippen LogP contribution is 2.24. The first-order valence-electron chi connectivity index (χ1n) is 9.20. The molecule has 6 nitrogen and oxygen atoms in total. The molecule has 4 rings (SSSR count). The second-order valence-corrected chi connectivity index (χ2v) is 7.77. The molecule has 3 heterocycles. The van der Waals surface area contributed by atoms with Crippen molar-refractivity contribution in [1.29, 1.82) is 0 Å². The number of imidazole rings is 1. The van der Waals surface area contributed by atoms with Crippen molar-refractivity contribution in [1.82, 2.24) is 14.3 Å². The van der Waals surface area contributed by atoms with Gasteiger partial charge in [-0.05, 0) is 19.3 Å². The number of hydrogen-bond donors (Lipinski definition) is 1. The molecule has 7 heteroatoms. The topological polar surface area (TPSA) is 80.7 Å². The number of aromatic nitrogens is 2. The molecule has 2 amide bonds. The van der Waals surface area contributed by atoms with Crippen LogP contribution < -0.4 is 5.73 Å². The first-order chi connectivity index (χ1) is 13.1. The van der Waals surface area contributed by atoms with Crippen LogP contribution in [0.4, 0.5) is 0 Å². The van der Waals surface area contributed by atoms with E-state index in [0.29, 0.717) is 38.8 Å². The number of fused-ring (bicyclic) bond motifs is 1. The van der Waals surface area contributed by atoms with Gasteiger partial charge in [0, 0.05) is 48.3 Å². The number of primary amides is 1. The summed E-state index contributed by atoms with van der Waals surface area (Å²) in [6, 6.07) is 10.1. The van der Waals surface area contributed by atoms with Gasteiger partial charge in [-0.15, -0.1) is 11.3 Å². The third kappa shape index (κ3) is 3.73. The predicted octanol–water partition coefficient (Wildman–Crippen LogP) is 2.72. The molecule has 1 fully saturated rings. The number of piperidine rings is 1. The zero-order valence-electron chi connectivity index (χ0n) is 15.0. The number of carbonyl (C=O) groups excluding carboxylic acids is 2. The van der Waals surface area contributed by atoms with Gasteiger partial charge in [0.2, 0.25) is 11.8 Å². The van der Waals surface area contributed by atoms with Crippen LogP contribution in [0.2, 0.25) is 0 Å². The Balaban J connectivity index is 1.40. The van der Waals surface area contributed by atoms with Gasteiger partial charge in [-0.1, -0.05) is 30.3 Å². The van der Waals surface area contributed by atoms with Crippen molar-refractivity contribution >= 4 is 28.1 Å². The Hall–Kier alpha value is -2.67. The summed E-state index contributed by atoms with van der Waals surface area (Å²) in [7, 11) is 0. The summed E-state index contributed by atoms with van der Waals surface area (Å²) in [6.07, 6.45) is 4.53. The molecule has 140 valence electrons. The quantitative estimate of drug-likeness (QED) is 0.737. The maximum atomic E-state index is 12.5. The molecule has 0 spiro atoms. The predicted molar refractivity (Wildman–Crippen MR) is 105 cm³/mol. The summed E-state index contributed by atoms with van der Waals surface area (Å²) in [5, 5.41) is 2.07. The largest absolute Gasteiger partial charge is 0.369 e. The number of nitrogens with two attached hydrogens (primary N) is 1. The molecule has 0 atom stereocenters. The molecule has 1 saturated heterocycles. The second kappa shape index (κ2) is 7.52. The van der Waals surface area contributed by atoms with E-state index >= 15 is 0 Å². The Morgan fingerprint density at radius 3 is 2.63 bits per heavy atom. The second-order valence-electron chi connectivity index (χ2n) is 6.93. The van der Waals surface area contributed by atoms with E-state index in [2.05, 4.69) is 14.8 Å². The summed E-state index contributed by atoms with van der Waals surface area (Å²) in [4.78, 5) is 31.3. The molecule has 0 saturated carbocycles. The molecule has 0 bridgehead atoms. The molecule has 0 radical (unpaired) electrons. The SMILES string of the molecule is NC(=O)C1CCN(C(=O)CCc2csc3nc(-c4ccccc4)cn23)CC1. The maximum absolute atomic E-state index is 12.5. The fourth-order valence-corrected chi connectivity index (χ4v) is 4.47. The minimum atomic E-state index is -0.253. The number of amides is 2. The number of rotatable bonds is 5. The lowest BCUT2D eigenvalue weighted by atomic mass is 9.96. The highest BCUT2D eigenvalue weighted by molar-refractivity contribution is 7.15. The maximum Gasteiger partial charge on any atom is 0.222 e. The van der Waals surface area contributed by atoms with E-state index in [9.17, 15) is 9.59 Å². The van der Waals surface area contributed by atoms with Crippen molar-refractivity contribution in [3.05, 3.63) is 47.6 Å². The lowest BCUT2D eigenvalue weighted by molar-refractivity contribution is -0.134. The van der Waals surface area contributed by atoms with Crippen molar-refractivity contribution < 1.29 is 9.59 Å². The number of likely N-dealkylation sites (tertiary alicyclic amines) is 1. The van der Waals surface area contributed by atoms with Crippen LogP contribution in [0, 0.1) is 5.92 Å². The van der Waals surface area contributed by atoms with Crippen molar-refractivity contribution in [2.45, 2.75) is 25.7 Å². The zero-order chi connectivity index (χ0) is 18.8. The Kier molecular flexibility index (Phi) is 4.94. The highest BCUT2D eigenvalue weighted by atomic mass is 32.1. The minimum absolute atomic E-state index is 0.0899. The van der Waals surface area contributed by atoms with E-state index in [0.717, 1.165) is 21.9 Å². The first-order valence-corrected chi connectivity index (χ1v) is 10.1. The van der Waals surface area contributed by atoms with E-state index in [-0.39, 0.29) is 17.7 Å². The number of benzene rings is 1. The highest BCUT2D eigenvalue weighted by Gasteiger charge is 2.25. The fourth-order valence-electron chi connectivity index (χ4n) is 3.56. The summed E-state index contributed by atoms with van der Waals surface area (Å²) >= 11 is 1.60. The lowest BCUT2D eigenvalue weighted by Crippen LogP contribution is -2.41. The van der Waals surface area contributed by atoms with Crippen LogP contribution in [-0.4, -0.2) is 39.2 Å². The Labute approximate surface area is 161 Å². The van der Waals surface area contributed by atoms with Crippen molar-refractivity contribution in [3.8, 4) is 11.3 Å². The molecule has 2 aromatic heterocycles. The number of aryl methyl sites for hydroxylation is 1. The van der Waals surface area contributed by atoms with Crippen LogP contribution in [0.3, 0.4) is 0 Å². The third-order valence-electron chi connectivity index (χ3n) is 5.20. The summed E-state index contributed by atoms with van der Waals surface area (Å²) in [5.74, 6) is -0.203. The van der Waals surface area contributed by atoms with Crippen LogP contribution in [-0.2, 0) is 16.0 Å². The van der Waals surface area contributed by atoms with Crippen molar-refractivity contribution in [2.75, 3.05) is 13.1 Å². The summed E-state index contributed by atoms with van der Waals surface area (Å²) in [6.45, 7) is 1.24. The first kappa shape index (κ1) is 17.7. The molecule has 27 heavy (non-hydrogen) atoms. The van der Waals surface area contributed by atoms with Gasteiger partial charge in [-0.2, -0.15) is 0 Å². The number of nitrogens with zero attached hydrogens (tertiary/aromatic N) is 3. The molecule has 1 aliphatic heterocycles. The van der Waals surface area contributed by atoms with Gasteiger partial charge in [-0.3, -0.25) is 14.0 Å². The molecule has 0 aliphatic carbocycles. The Bertz CT molecular complexity index is 955. The molecule has 2 N–H and O–H groups in total. The smallest absolute Gasteiger partial charge is 0.222 e. The number of hydrogen-bond acceptors (Lipinski definition) is 4. The van der Waals surface area contributed by atoms with Gasteiger partial charge < -0.3 is 10.6 Å². The van der Waals surface area contributed by atoms with Crippen LogP contribution in [0.15, 0.2) is 41.9 Å². The van der Waals surface area contributed by atoms with Crippen LogP contribution in [0.25, 0.3) is 16.2 Å². The van der Waals surface area contributed by atoms with E-state index in [1.807, 2.05) is 41.4 Å². The number of carbonyl (C=O) groups is 2. The van der Waals surface area contributed by atoms with Crippen LogP contribution in [0.5, 0.6) is 0 Å². The molecule has 0 unspecified atom stereocenters. The van der Waals surface area contributed by atoms with Gasteiger partial charge in [-0.25, -0.2) is 4.98 Å². The zero-order valence-corrected chi connectivity index (χ0v) is 15.8. The number of thiazole rings is 1. The average Bonchev–Trinajstić information content (AvgIpc) is 3.28. The summed E-state index contributed by atoms with van der Waals surface area (Å²) < 4.78 is 2.08.